The highest BCUT2D eigenvalue weighted by Crippen LogP contribution is 2.13. The predicted octanol–water partition coefficient (Wildman–Crippen LogP) is 2.98. The van der Waals surface area contributed by atoms with Crippen LogP contribution in [0.25, 0.3) is 0 Å². The number of carbonyl (C=O) groups is 1. The van der Waals surface area contributed by atoms with E-state index in [2.05, 4.69) is 10.5 Å². The lowest BCUT2D eigenvalue weighted by atomic mass is 10.1. The van der Waals surface area contributed by atoms with E-state index in [0.29, 0.717) is 0 Å². The van der Waals surface area contributed by atoms with Crippen LogP contribution >= 0.6 is 0 Å². The molecule has 0 radical (unpaired) electrons. The van der Waals surface area contributed by atoms with Crippen LogP contribution < -0.4 is 5.43 Å². The molecule has 0 aliphatic carbocycles. The molecule has 1 N–H and O–H groups in total. The number of non-ortho nitro benzene ring substituents is 1. The quantitative estimate of drug-likeness (QED) is 0.535. The molecule has 0 heterocycles. The van der Waals surface area contributed by atoms with Crippen LogP contribution in [0.4, 0.5) is 5.69 Å². The van der Waals surface area contributed by atoms with Crippen LogP contribution in [0.3, 0.4) is 0 Å². The number of nitro groups is 1. The van der Waals surface area contributed by atoms with Gasteiger partial charge in [0.2, 0.25) is 0 Å². The lowest BCUT2D eigenvalue weighted by Crippen LogP contribution is -2.17. The van der Waals surface area contributed by atoms with Crippen LogP contribution in [-0.2, 0) is 0 Å². The molecule has 0 bridgehead atoms. The number of aryl methyl sites for hydroxylation is 2. The average Bonchev–Trinajstić information content (AvgIpc) is 2.50. The number of amides is 1. The van der Waals surface area contributed by atoms with Crippen molar-refractivity contribution in [2.45, 2.75) is 13.8 Å². The van der Waals surface area contributed by atoms with Gasteiger partial charge in [-0.2, -0.15) is 5.10 Å². The van der Waals surface area contributed by atoms with Gasteiger partial charge in [-0.3, -0.25) is 14.9 Å². The van der Waals surface area contributed by atoms with Crippen molar-refractivity contribution in [2.75, 3.05) is 0 Å². The molecule has 0 spiro atoms. The van der Waals surface area contributed by atoms with E-state index in [1.165, 1.54) is 24.3 Å². The first kappa shape index (κ1) is 15.4. The van der Waals surface area contributed by atoms with Crippen LogP contribution in [0.1, 0.15) is 27.0 Å². The Labute approximate surface area is 127 Å². The zero-order chi connectivity index (χ0) is 16.1. The normalized spacial score (nSPS) is 10.6. The lowest BCUT2D eigenvalue weighted by Gasteiger charge is -2.02. The van der Waals surface area contributed by atoms with Gasteiger partial charge >= 0.3 is 0 Å². The fraction of sp³-hybridized carbons (Fsp3) is 0.125. The third-order valence-corrected chi connectivity index (χ3v) is 3.12. The number of hydrogen-bond acceptors (Lipinski definition) is 4. The number of carbonyl (C=O) groups excluding carboxylic acids is 1. The summed E-state index contributed by atoms with van der Waals surface area (Å²) < 4.78 is 0. The first-order chi connectivity index (χ1) is 10.5. The van der Waals surface area contributed by atoms with E-state index < -0.39 is 10.8 Å². The molecule has 0 fully saturated rings. The fourth-order valence-corrected chi connectivity index (χ4v) is 1.88. The van der Waals surface area contributed by atoms with E-state index >= 15 is 0 Å². The van der Waals surface area contributed by atoms with E-state index in [4.69, 9.17) is 0 Å². The zero-order valence-corrected chi connectivity index (χ0v) is 12.2. The Balaban J connectivity index is 2.09. The van der Waals surface area contributed by atoms with E-state index in [1.54, 1.807) is 6.21 Å². The summed E-state index contributed by atoms with van der Waals surface area (Å²) in [6, 6.07) is 11.4. The third kappa shape index (κ3) is 3.76. The Morgan fingerprint density at radius 3 is 2.73 bits per heavy atom. The topological polar surface area (TPSA) is 84.6 Å². The number of rotatable bonds is 4. The van der Waals surface area contributed by atoms with Crippen molar-refractivity contribution in [1.29, 1.82) is 0 Å². The average molecular weight is 297 g/mol. The number of benzene rings is 2. The molecule has 0 aliphatic rings. The van der Waals surface area contributed by atoms with Gasteiger partial charge in [0.1, 0.15) is 0 Å². The number of nitrogens with zero attached hydrogens (tertiary/aromatic N) is 2. The maximum absolute atomic E-state index is 11.9. The van der Waals surface area contributed by atoms with Gasteiger partial charge in [-0.15, -0.1) is 0 Å². The third-order valence-electron chi connectivity index (χ3n) is 3.12. The van der Waals surface area contributed by atoms with Crippen LogP contribution in [-0.4, -0.2) is 17.0 Å². The van der Waals surface area contributed by atoms with Gasteiger partial charge in [0.15, 0.2) is 0 Å². The van der Waals surface area contributed by atoms with Gasteiger partial charge in [-0.05, 0) is 31.0 Å². The molecule has 2 rings (SSSR count). The molecule has 1 amide bonds. The summed E-state index contributed by atoms with van der Waals surface area (Å²) in [7, 11) is 0. The van der Waals surface area contributed by atoms with Gasteiger partial charge in [-0.25, -0.2) is 5.43 Å². The molecule has 2 aromatic rings. The number of nitrogens with one attached hydrogen (secondary N) is 1. The van der Waals surface area contributed by atoms with Crippen LogP contribution in [0.15, 0.2) is 47.6 Å². The number of hydrogen-bond donors (Lipinski definition) is 1. The maximum Gasteiger partial charge on any atom is 0.271 e. The monoisotopic (exact) mass is 297 g/mol. The second kappa shape index (κ2) is 6.62. The zero-order valence-electron chi connectivity index (χ0n) is 12.2. The Morgan fingerprint density at radius 2 is 2.00 bits per heavy atom. The van der Waals surface area contributed by atoms with E-state index in [-0.39, 0.29) is 11.3 Å². The molecule has 0 atom stereocenters. The van der Waals surface area contributed by atoms with E-state index in [1.807, 2.05) is 32.0 Å². The highest BCUT2D eigenvalue weighted by atomic mass is 16.6. The molecule has 22 heavy (non-hydrogen) atoms. The molecular formula is C16H15N3O3. The van der Waals surface area contributed by atoms with Gasteiger partial charge in [-0.1, -0.05) is 29.8 Å². The Kier molecular flexibility index (Phi) is 4.63. The van der Waals surface area contributed by atoms with Crippen molar-refractivity contribution < 1.29 is 9.72 Å². The van der Waals surface area contributed by atoms with Gasteiger partial charge in [0.05, 0.1) is 11.1 Å². The summed E-state index contributed by atoms with van der Waals surface area (Å²) >= 11 is 0. The summed E-state index contributed by atoms with van der Waals surface area (Å²) in [6.45, 7) is 3.92. The van der Waals surface area contributed by atoms with Crippen molar-refractivity contribution in [3.05, 3.63) is 74.8 Å². The smallest absolute Gasteiger partial charge is 0.267 e. The van der Waals surface area contributed by atoms with Crippen molar-refractivity contribution in [3.63, 3.8) is 0 Å². The summed E-state index contributed by atoms with van der Waals surface area (Å²) in [4.78, 5) is 22.1. The van der Waals surface area contributed by atoms with Gasteiger partial charge < -0.3 is 0 Å². The van der Waals surface area contributed by atoms with Gasteiger partial charge in [0, 0.05) is 17.7 Å². The Morgan fingerprint density at radius 1 is 1.23 bits per heavy atom. The van der Waals surface area contributed by atoms with E-state index in [9.17, 15) is 14.9 Å². The SMILES string of the molecule is Cc1ccc(C)c(/C=N/NC(=O)c2cccc([N+](=O)[O-])c2)c1. The molecule has 0 aliphatic heterocycles. The molecule has 2 aromatic carbocycles. The highest BCUT2D eigenvalue weighted by molar-refractivity contribution is 5.95. The first-order valence-electron chi connectivity index (χ1n) is 6.62. The summed E-state index contributed by atoms with van der Waals surface area (Å²) in [5, 5.41) is 14.6. The molecule has 0 unspecified atom stereocenters. The molecule has 112 valence electrons. The summed E-state index contributed by atoms with van der Waals surface area (Å²) in [5.74, 6) is -0.495. The molecule has 6 nitrogen and oxygen atoms in total. The lowest BCUT2D eigenvalue weighted by molar-refractivity contribution is -0.384. The summed E-state index contributed by atoms with van der Waals surface area (Å²) in [6.07, 6.45) is 1.55. The largest absolute Gasteiger partial charge is 0.271 e. The minimum absolute atomic E-state index is 0.133. The first-order valence-corrected chi connectivity index (χ1v) is 6.62. The minimum atomic E-state index is -0.545. The van der Waals surface area contributed by atoms with Crippen LogP contribution in [0, 0.1) is 24.0 Å². The Bertz CT molecular complexity index is 754. The minimum Gasteiger partial charge on any atom is -0.267 e. The van der Waals surface area contributed by atoms with Crippen molar-refractivity contribution in [2.24, 2.45) is 5.10 Å². The van der Waals surface area contributed by atoms with Gasteiger partial charge in [0.25, 0.3) is 11.6 Å². The van der Waals surface area contributed by atoms with Crippen LogP contribution in [0.2, 0.25) is 0 Å². The molecular weight excluding hydrogens is 282 g/mol. The van der Waals surface area contributed by atoms with Crippen molar-refractivity contribution in [3.8, 4) is 0 Å². The fourth-order valence-electron chi connectivity index (χ4n) is 1.88. The van der Waals surface area contributed by atoms with Crippen molar-refractivity contribution in [1.82, 2.24) is 5.43 Å². The van der Waals surface area contributed by atoms with Crippen molar-refractivity contribution >= 4 is 17.8 Å². The predicted molar refractivity (Wildman–Crippen MR) is 84.1 cm³/mol. The standard InChI is InChI=1S/C16H15N3O3/c1-11-6-7-12(2)14(8-11)10-17-18-16(20)13-4-3-5-15(9-13)19(21)22/h3-10H,1-2H3,(H,18,20)/b17-10+. The molecule has 0 aromatic heterocycles. The maximum atomic E-state index is 11.9. The Hall–Kier alpha value is -3.02. The van der Waals surface area contributed by atoms with Crippen LogP contribution in [0.5, 0.6) is 0 Å². The van der Waals surface area contributed by atoms with E-state index in [0.717, 1.165) is 16.7 Å². The molecule has 0 saturated carbocycles. The molecule has 0 saturated heterocycles. The second-order valence-corrected chi connectivity index (χ2v) is 4.87. The summed E-state index contributed by atoms with van der Waals surface area (Å²) in [5.41, 5.74) is 5.46. The second-order valence-electron chi connectivity index (χ2n) is 4.87. The number of nitro benzene ring substituents is 1. The molecule has 6 heteroatoms. The number of hydrazone groups is 1. The highest BCUT2D eigenvalue weighted by Gasteiger charge is 2.10.